The third-order valence-electron chi connectivity index (χ3n) is 4.67. The van der Waals surface area contributed by atoms with Gasteiger partial charge in [-0.15, -0.1) is 0 Å². The molecule has 2 fully saturated rings. The highest BCUT2D eigenvalue weighted by atomic mass is 79.9. The van der Waals surface area contributed by atoms with Crippen LogP contribution < -0.4 is 4.74 Å². The molecule has 0 aromatic heterocycles. The van der Waals surface area contributed by atoms with Crippen molar-refractivity contribution in [2.75, 3.05) is 13.3 Å². The Morgan fingerprint density at radius 3 is 3.05 bits per heavy atom. The first-order valence-electron chi connectivity index (χ1n) is 7.12. The summed E-state index contributed by atoms with van der Waals surface area (Å²) in [5.41, 5.74) is 1.17. The van der Waals surface area contributed by atoms with Gasteiger partial charge in [0.05, 0.1) is 6.61 Å². The monoisotopic (exact) mass is 323 g/mol. The molecule has 0 amide bonds. The maximum atomic E-state index is 6.16. The van der Waals surface area contributed by atoms with Gasteiger partial charge in [0.15, 0.2) is 0 Å². The van der Waals surface area contributed by atoms with Gasteiger partial charge in [-0.3, -0.25) is 0 Å². The second-order valence-electron chi connectivity index (χ2n) is 5.77. The summed E-state index contributed by atoms with van der Waals surface area (Å²) in [4.78, 5) is 2.42. The van der Waals surface area contributed by atoms with E-state index in [1.54, 1.807) is 0 Å². The third-order valence-corrected chi connectivity index (χ3v) is 5.16. The van der Waals surface area contributed by atoms with Crippen LogP contribution in [0, 0.1) is 5.92 Å². The van der Waals surface area contributed by atoms with Crippen LogP contribution in [-0.4, -0.2) is 24.3 Å². The molecular formula is C15H18BrNO2. The van der Waals surface area contributed by atoms with Crippen molar-refractivity contribution in [3.8, 4) is 5.75 Å². The van der Waals surface area contributed by atoms with Gasteiger partial charge < -0.3 is 9.47 Å². The van der Waals surface area contributed by atoms with Gasteiger partial charge in [-0.1, -0.05) is 28.8 Å². The highest BCUT2D eigenvalue weighted by Gasteiger charge is 2.42. The summed E-state index contributed by atoms with van der Waals surface area (Å²) >= 11 is 3.55. The highest BCUT2D eigenvalue weighted by molar-refractivity contribution is 9.10. The molecule has 3 atom stereocenters. The molecule has 2 aliphatic heterocycles. The Balaban J connectivity index is 1.68. The molecule has 0 bridgehead atoms. The van der Waals surface area contributed by atoms with Crippen molar-refractivity contribution in [2.45, 2.75) is 38.0 Å². The zero-order chi connectivity index (χ0) is 12.8. The Morgan fingerprint density at radius 1 is 1.21 bits per heavy atom. The van der Waals surface area contributed by atoms with E-state index in [1.165, 1.54) is 31.2 Å². The van der Waals surface area contributed by atoms with Gasteiger partial charge in [0, 0.05) is 16.1 Å². The molecule has 1 aromatic rings. The van der Waals surface area contributed by atoms with E-state index in [4.69, 9.17) is 9.47 Å². The van der Waals surface area contributed by atoms with Crippen LogP contribution in [-0.2, 0) is 4.74 Å². The van der Waals surface area contributed by atoms with Crippen LogP contribution in [0.4, 0.5) is 0 Å². The maximum Gasteiger partial charge on any atom is 0.144 e. The molecule has 3 nitrogen and oxygen atoms in total. The van der Waals surface area contributed by atoms with Crippen LogP contribution in [0.5, 0.6) is 5.75 Å². The van der Waals surface area contributed by atoms with Crippen LogP contribution in [0.2, 0.25) is 0 Å². The number of fused-ring (bicyclic) bond motifs is 5. The Hall–Kier alpha value is -0.580. The molecule has 102 valence electrons. The predicted molar refractivity (Wildman–Crippen MR) is 75.9 cm³/mol. The Morgan fingerprint density at radius 2 is 2.11 bits per heavy atom. The van der Waals surface area contributed by atoms with Crippen molar-refractivity contribution in [3.05, 3.63) is 28.2 Å². The first-order chi connectivity index (χ1) is 9.33. The van der Waals surface area contributed by atoms with Crippen molar-refractivity contribution in [3.63, 3.8) is 0 Å². The fourth-order valence-electron chi connectivity index (χ4n) is 3.72. The Bertz CT molecular complexity index is 493. The number of hydrogen-bond acceptors (Lipinski definition) is 3. The smallest absolute Gasteiger partial charge is 0.144 e. The molecule has 0 radical (unpaired) electrons. The van der Waals surface area contributed by atoms with Gasteiger partial charge in [-0.2, -0.15) is 0 Å². The quantitative estimate of drug-likeness (QED) is 0.726. The largest absolute Gasteiger partial charge is 0.478 e. The molecular weight excluding hydrogens is 306 g/mol. The lowest BCUT2D eigenvalue weighted by molar-refractivity contribution is -0.192. The molecule has 4 heteroatoms. The maximum absolute atomic E-state index is 6.16. The normalized spacial score (nSPS) is 33.8. The molecule has 2 heterocycles. The van der Waals surface area contributed by atoms with Crippen LogP contribution >= 0.6 is 15.9 Å². The number of rotatable bonds is 0. The fraction of sp³-hybridized carbons (Fsp3) is 0.600. The summed E-state index contributed by atoms with van der Waals surface area (Å²) in [7, 11) is 0. The van der Waals surface area contributed by atoms with Crippen LogP contribution in [0.1, 0.15) is 37.5 Å². The van der Waals surface area contributed by atoms with Crippen LogP contribution in [0.25, 0.3) is 0 Å². The summed E-state index contributed by atoms with van der Waals surface area (Å²) in [6, 6.07) is 6.84. The molecule has 4 rings (SSSR count). The SMILES string of the molecule is Brc1ccc2c(c1)[C@@H]1OC[C@H]3CCCC[C@@H]3N1CO2. The third kappa shape index (κ3) is 2.01. The molecule has 1 aromatic carbocycles. The van der Waals surface area contributed by atoms with Crippen LogP contribution in [0.3, 0.4) is 0 Å². The van der Waals surface area contributed by atoms with Gasteiger partial charge in [0.1, 0.15) is 18.7 Å². The summed E-state index contributed by atoms with van der Waals surface area (Å²) in [5.74, 6) is 1.67. The standard InChI is InChI=1S/C15H18BrNO2/c16-11-5-6-14-12(7-11)15-17(9-19-14)13-4-2-1-3-10(13)8-18-15/h5-7,10,13,15H,1-4,8-9H2/t10-,13+,15+/m1/s1. The van der Waals surface area contributed by atoms with Gasteiger partial charge in [0.2, 0.25) is 0 Å². The van der Waals surface area contributed by atoms with E-state index in [-0.39, 0.29) is 6.23 Å². The molecule has 0 unspecified atom stereocenters. The van der Waals surface area contributed by atoms with E-state index in [0.717, 1.165) is 16.8 Å². The highest BCUT2D eigenvalue weighted by Crippen LogP contribution is 2.44. The van der Waals surface area contributed by atoms with E-state index in [1.807, 2.05) is 12.1 Å². The zero-order valence-electron chi connectivity index (χ0n) is 10.8. The number of ether oxygens (including phenoxy) is 2. The fourth-order valence-corrected chi connectivity index (χ4v) is 4.10. The first kappa shape index (κ1) is 12.2. The summed E-state index contributed by atoms with van der Waals surface area (Å²) in [5, 5.41) is 0. The van der Waals surface area contributed by atoms with Crippen LogP contribution in [0.15, 0.2) is 22.7 Å². The Kier molecular flexibility index (Phi) is 3.05. The lowest BCUT2D eigenvalue weighted by atomic mass is 9.82. The van der Waals surface area contributed by atoms with E-state index < -0.39 is 0 Å². The summed E-state index contributed by atoms with van der Waals surface area (Å²) in [6.45, 7) is 1.57. The van der Waals surface area contributed by atoms with Crippen molar-refractivity contribution in [1.29, 1.82) is 0 Å². The predicted octanol–water partition coefficient (Wildman–Crippen LogP) is 3.69. The Labute approximate surface area is 122 Å². The lowest BCUT2D eigenvalue weighted by Gasteiger charge is -2.50. The molecule has 3 aliphatic rings. The second-order valence-corrected chi connectivity index (χ2v) is 6.68. The minimum Gasteiger partial charge on any atom is -0.478 e. The molecule has 0 spiro atoms. The summed E-state index contributed by atoms with van der Waals surface area (Å²) in [6.07, 6.45) is 5.37. The molecule has 19 heavy (non-hydrogen) atoms. The van der Waals surface area contributed by atoms with E-state index in [9.17, 15) is 0 Å². The van der Waals surface area contributed by atoms with E-state index >= 15 is 0 Å². The molecule has 0 N–H and O–H groups in total. The average Bonchev–Trinajstić information content (AvgIpc) is 2.46. The van der Waals surface area contributed by atoms with Gasteiger partial charge in [-0.25, -0.2) is 4.90 Å². The second kappa shape index (κ2) is 4.76. The zero-order valence-corrected chi connectivity index (χ0v) is 12.4. The first-order valence-corrected chi connectivity index (χ1v) is 7.92. The van der Waals surface area contributed by atoms with E-state index in [0.29, 0.717) is 18.7 Å². The molecule has 1 saturated heterocycles. The number of nitrogens with zero attached hydrogens (tertiary/aromatic N) is 1. The van der Waals surface area contributed by atoms with Crippen molar-refractivity contribution >= 4 is 15.9 Å². The molecule has 1 aliphatic carbocycles. The number of halogens is 1. The lowest BCUT2D eigenvalue weighted by Crippen LogP contribution is -2.54. The minimum atomic E-state index is 0.0839. The number of hydrogen-bond donors (Lipinski definition) is 0. The minimum absolute atomic E-state index is 0.0839. The van der Waals surface area contributed by atoms with E-state index in [2.05, 4.69) is 26.9 Å². The summed E-state index contributed by atoms with van der Waals surface area (Å²) < 4.78 is 13.2. The van der Waals surface area contributed by atoms with Crippen molar-refractivity contribution < 1.29 is 9.47 Å². The van der Waals surface area contributed by atoms with Gasteiger partial charge >= 0.3 is 0 Å². The van der Waals surface area contributed by atoms with Crippen molar-refractivity contribution in [2.24, 2.45) is 5.92 Å². The average molecular weight is 324 g/mol. The topological polar surface area (TPSA) is 21.7 Å². The molecule has 1 saturated carbocycles. The van der Waals surface area contributed by atoms with Crippen molar-refractivity contribution in [1.82, 2.24) is 4.90 Å². The van der Waals surface area contributed by atoms with Gasteiger partial charge in [0.25, 0.3) is 0 Å². The number of benzene rings is 1. The van der Waals surface area contributed by atoms with Gasteiger partial charge in [-0.05, 0) is 37.0 Å².